The first-order valence-corrected chi connectivity index (χ1v) is 10.5. The predicted octanol–water partition coefficient (Wildman–Crippen LogP) is 2.63. The van der Waals surface area contributed by atoms with Gasteiger partial charge in [-0.15, -0.1) is 0 Å². The quantitative estimate of drug-likeness (QED) is 0.530. The molecule has 6 heteroatoms. The lowest BCUT2D eigenvalue weighted by atomic mass is 10.0. The van der Waals surface area contributed by atoms with Gasteiger partial charge >= 0.3 is 0 Å². The van der Waals surface area contributed by atoms with E-state index in [1.807, 2.05) is 60.5 Å². The molecule has 0 aliphatic carbocycles. The van der Waals surface area contributed by atoms with Crippen LogP contribution in [0.4, 0.5) is 0 Å². The maximum atomic E-state index is 12.7. The molecule has 0 fully saturated rings. The Hall–Kier alpha value is -3.12. The minimum absolute atomic E-state index is 0.0431. The monoisotopic (exact) mass is 404 g/mol. The SMILES string of the molecule is CNCCCNC(=O)c1ccc2[nH]c3c(c2c1)CCN(C(=O)Cc1ccccc1)C3. The van der Waals surface area contributed by atoms with Crippen LogP contribution in [-0.4, -0.2) is 48.4 Å². The van der Waals surface area contributed by atoms with Gasteiger partial charge in [0.25, 0.3) is 5.91 Å². The average Bonchev–Trinajstić information content (AvgIpc) is 3.14. The molecule has 156 valence electrons. The Morgan fingerprint density at radius 2 is 1.93 bits per heavy atom. The lowest BCUT2D eigenvalue weighted by Crippen LogP contribution is -2.36. The molecule has 0 spiro atoms. The number of nitrogens with one attached hydrogen (secondary N) is 3. The van der Waals surface area contributed by atoms with E-state index in [1.54, 1.807) is 0 Å². The summed E-state index contributed by atoms with van der Waals surface area (Å²) >= 11 is 0. The van der Waals surface area contributed by atoms with E-state index < -0.39 is 0 Å². The molecular weight excluding hydrogens is 376 g/mol. The lowest BCUT2D eigenvalue weighted by molar-refractivity contribution is -0.131. The van der Waals surface area contributed by atoms with Gasteiger partial charge in [0, 0.05) is 35.2 Å². The van der Waals surface area contributed by atoms with Crippen LogP contribution >= 0.6 is 0 Å². The van der Waals surface area contributed by atoms with Crippen LogP contribution in [0, 0.1) is 0 Å². The molecule has 0 bridgehead atoms. The van der Waals surface area contributed by atoms with Gasteiger partial charge < -0.3 is 20.5 Å². The van der Waals surface area contributed by atoms with Crippen LogP contribution in [-0.2, 0) is 24.2 Å². The summed E-state index contributed by atoms with van der Waals surface area (Å²) in [6, 6.07) is 15.7. The molecule has 0 saturated heterocycles. The van der Waals surface area contributed by atoms with Gasteiger partial charge in [0.1, 0.15) is 0 Å². The van der Waals surface area contributed by atoms with Crippen molar-refractivity contribution in [2.24, 2.45) is 0 Å². The number of fused-ring (bicyclic) bond motifs is 3. The maximum absolute atomic E-state index is 12.7. The molecule has 4 rings (SSSR count). The van der Waals surface area contributed by atoms with Crippen LogP contribution < -0.4 is 10.6 Å². The van der Waals surface area contributed by atoms with Crippen molar-refractivity contribution >= 4 is 22.7 Å². The van der Waals surface area contributed by atoms with E-state index in [0.29, 0.717) is 31.6 Å². The first kappa shape index (κ1) is 20.2. The third kappa shape index (κ3) is 4.39. The Bertz CT molecular complexity index is 1040. The van der Waals surface area contributed by atoms with E-state index in [0.717, 1.165) is 41.5 Å². The standard InChI is InChI=1S/C24H28N4O2/c1-25-11-5-12-26-24(30)18-8-9-21-20(15-18)19-10-13-28(16-22(19)27-21)23(29)14-17-6-3-2-4-7-17/h2-4,6-9,15,25,27H,5,10-14,16H2,1H3,(H,26,30). The van der Waals surface area contributed by atoms with Gasteiger partial charge in [0.2, 0.25) is 5.91 Å². The van der Waals surface area contributed by atoms with Crippen LogP contribution in [0.15, 0.2) is 48.5 Å². The van der Waals surface area contributed by atoms with Gasteiger partial charge in [-0.05, 0) is 55.8 Å². The van der Waals surface area contributed by atoms with Crippen molar-refractivity contribution in [1.29, 1.82) is 0 Å². The molecule has 0 unspecified atom stereocenters. The largest absolute Gasteiger partial charge is 0.357 e. The van der Waals surface area contributed by atoms with Crippen molar-refractivity contribution in [1.82, 2.24) is 20.5 Å². The van der Waals surface area contributed by atoms with E-state index in [4.69, 9.17) is 0 Å². The first-order valence-electron chi connectivity index (χ1n) is 10.5. The number of aromatic amines is 1. The number of benzene rings is 2. The molecule has 1 aliphatic rings. The Morgan fingerprint density at radius 3 is 2.73 bits per heavy atom. The Kier molecular flexibility index (Phi) is 6.14. The molecule has 2 aromatic carbocycles. The summed E-state index contributed by atoms with van der Waals surface area (Å²) < 4.78 is 0. The Labute approximate surface area is 176 Å². The van der Waals surface area contributed by atoms with Crippen molar-refractivity contribution < 1.29 is 9.59 Å². The van der Waals surface area contributed by atoms with E-state index >= 15 is 0 Å². The summed E-state index contributed by atoms with van der Waals surface area (Å²) in [6.07, 6.45) is 2.12. The molecule has 0 atom stereocenters. The van der Waals surface area contributed by atoms with E-state index in [1.165, 1.54) is 5.56 Å². The van der Waals surface area contributed by atoms with Crippen LogP contribution in [0.25, 0.3) is 10.9 Å². The molecular formula is C24H28N4O2. The summed E-state index contributed by atoms with van der Waals surface area (Å²) in [4.78, 5) is 30.6. The fourth-order valence-electron chi connectivity index (χ4n) is 4.05. The number of carbonyl (C=O) groups is 2. The maximum Gasteiger partial charge on any atom is 0.251 e. The minimum Gasteiger partial charge on any atom is -0.357 e. The minimum atomic E-state index is -0.0431. The second kappa shape index (κ2) is 9.13. The van der Waals surface area contributed by atoms with Crippen molar-refractivity contribution in [3.05, 3.63) is 70.9 Å². The summed E-state index contributed by atoms with van der Waals surface area (Å²) in [5.41, 5.74) is 5.03. The highest BCUT2D eigenvalue weighted by atomic mass is 16.2. The molecule has 30 heavy (non-hydrogen) atoms. The fraction of sp³-hybridized carbons (Fsp3) is 0.333. The zero-order valence-corrected chi connectivity index (χ0v) is 17.3. The number of H-pyrrole nitrogens is 1. The average molecular weight is 405 g/mol. The van der Waals surface area contributed by atoms with Crippen molar-refractivity contribution in [3.8, 4) is 0 Å². The van der Waals surface area contributed by atoms with Crippen LogP contribution in [0.1, 0.15) is 33.6 Å². The molecule has 3 aromatic rings. The lowest BCUT2D eigenvalue weighted by Gasteiger charge is -2.27. The molecule has 2 heterocycles. The number of nitrogens with zero attached hydrogens (tertiary/aromatic N) is 1. The molecule has 1 aliphatic heterocycles. The number of hydrogen-bond acceptors (Lipinski definition) is 3. The predicted molar refractivity (Wildman–Crippen MR) is 118 cm³/mol. The zero-order chi connectivity index (χ0) is 20.9. The molecule has 6 nitrogen and oxygen atoms in total. The molecule has 0 radical (unpaired) electrons. The third-order valence-electron chi connectivity index (χ3n) is 5.68. The fourth-order valence-corrected chi connectivity index (χ4v) is 4.05. The summed E-state index contributed by atoms with van der Waals surface area (Å²) in [7, 11) is 1.90. The third-order valence-corrected chi connectivity index (χ3v) is 5.68. The topological polar surface area (TPSA) is 77.2 Å². The van der Waals surface area contributed by atoms with Gasteiger partial charge in [-0.1, -0.05) is 30.3 Å². The highest BCUT2D eigenvalue weighted by Crippen LogP contribution is 2.28. The van der Waals surface area contributed by atoms with Crippen molar-refractivity contribution in [2.75, 3.05) is 26.7 Å². The summed E-state index contributed by atoms with van der Waals surface area (Å²) in [5, 5.41) is 7.14. The second-order valence-electron chi connectivity index (χ2n) is 7.78. The van der Waals surface area contributed by atoms with Gasteiger partial charge in [0.15, 0.2) is 0 Å². The highest BCUT2D eigenvalue weighted by molar-refractivity contribution is 5.99. The van der Waals surface area contributed by atoms with Gasteiger partial charge in [0.05, 0.1) is 13.0 Å². The summed E-state index contributed by atoms with van der Waals surface area (Å²) in [5.74, 6) is 0.102. The number of carbonyl (C=O) groups excluding carboxylic acids is 2. The van der Waals surface area contributed by atoms with Crippen molar-refractivity contribution in [2.45, 2.75) is 25.8 Å². The number of amides is 2. The number of aromatic nitrogens is 1. The number of rotatable bonds is 7. The first-order chi connectivity index (χ1) is 14.7. The van der Waals surface area contributed by atoms with Gasteiger partial charge in [-0.25, -0.2) is 0 Å². The normalized spacial score (nSPS) is 13.3. The summed E-state index contributed by atoms with van der Waals surface area (Å²) in [6.45, 7) is 2.82. The molecule has 1 aromatic heterocycles. The highest BCUT2D eigenvalue weighted by Gasteiger charge is 2.24. The number of hydrogen-bond donors (Lipinski definition) is 3. The Balaban J connectivity index is 1.46. The van der Waals surface area contributed by atoms with E-state index in [2.05, 4.69) is 15.6 Å². The zero-order valence-electron chi connectivity index (χ0n) is 17.3. The van der Waals surface area contributed by atoms with Crippen molar-refractivity contribution in [3.63, 3.8) is 0 Å². The smallest absolute Gasteiger partial charge is 0.251 e. The second-order valence-corrected chi connectivity index (χ2v) is 7.78. The van der Waals surface area contributed by atoms with Crippen LogP contribution in [0.2, 0.25) is 0 Å². The molecule has 3 N–H and O–H groups in total. The van der Waals surface area contributed by atoms with E-state index in [9.17, 15) is 9.59 Å². The Morgan fingerprint density at radius 1 is 1.10 bits per heavy atom. The molecule has 2 amide bonds. The van der Waals surface area contributed by atoms with Crippen LogP contribution in [0.5, 0.6) is 0 Å². The van der Waals surface area contributed by atoms with Gasteiger partial charge in [-0.3, -0.25) is 9.59 Å². The van der Waals surface area contributed by atoms with Crippen LogP contribution in [0.3, 0.4) is 0 Å². The van der Waals surface area contributed by atoms with E-state index in [-0.39, 0.29) is 11.8 Å². The molecule has 0 saturated carbocycles. The van der Waals surface area contributed by atoms with Gasteiger partial charge in [-0.2, -0.15) is 0 Å².